The van der Waals surface area contributed by atoms with Crippen LogP contribution in [0.2, 0.25) is 0 Å². The second-order valence-corrected chi connectivity index (χ2v) is 9.97. The molecule has 2 aliphatic rings. The van der Waals surface area contributed by atoms with E-state index in [2.05, 4.69) is 10.1 Å². The van der Waals surface area contributed by atoms with E-state index >= 15 is 0 Å². The van der Waals surface area contributed by atoms with E-state index in [0.29, 0.717) is 43.9 Å². The van der Waals surface area contributed by atoms with Crippen molar-refractivity contribution < 1.29 is 31.6 Å². The van der Waals surface area contributed by atoms with Crippen LogP contribution in [0.3, 0.4) is 0 Å². The topological polar surface area (TPSA) is 76.8 Å². The highest BCUT2D eigenvalue weighted by Gasteiger charge is 2.33. The molecule has 7 nitrogen and oxygen atoms in total. The van der Waals surface area contributed by atoms with Gasteiger partial charge >= 0.3 is 6.18 Å². The molecule has 4 heterocycles. The first kappa shape index (κ1) is 26.0. The Hall–Kier alpha value is -3.61. The number of hydrogen-bond donors (Lipinski definition) is 0. The number of nitrogens with zero attached hydrogens (tertiary/aromatic N) is 4. The van der Waals surface area contributed by atoms with Crippen molar-refractivity contribution in [2.24, 2.45) is 5.16 Å². The highest BCUT2D eigenvalue weighted by Crippen LogP contribution is 2.36. The monoisotopic (exact) mass is 552 g/mol. The Morgan fingerprint density at radius 3 is 2.50 bits per heavy atom. The zero-order valence-corrected chi connectivity index (χ0v) is 20.6. The van der Waals surface area contributed by atoms with Gasteiger partial charge in [0.15, 0.2) is 6.10 Å². The molecule has 1 unspecified atom stereocenters. The van der Waals surface area contributed by atoms with E-state index in [1.807, 2.05) is 5.38 Å². The van der Waals surface area contributed by atoms with E-state index in [1.165, 1.54) is 22.3 Å². The van der Waals surface area contributed by atoms with Crippen LogP contribution in [0.4, 0.5) is 22.0 Å². The van der Waals surface area contributed by atoms with E-state index in [9.17, 15) is 31.5 Å². The molecular formula is C25H21F5N4O3S. The standard InChI is InChI=1S/C25H21F5N4O3S/c26-16-2-1-3-17(27)23(16)18-10-20(37-32-18)19-13-38-24(31-19)14-6-8-33(9-7-14)22(36)12-34-11-15(25(28,29)30)4-5-21(34)35/h1-5,11,13-14,20H,6-10,12H2. The Morgan fingerprint density at radius 1 is 1.11 bits per heavy atom. The summed E-state index contributed by atoms with van der Waals surface area (Å²) < 4.78 is 67.9. The van der Waals surface area contributed by atoms with Crippen molar-refractivity contribution in [2.75, 3.05) is 13.1 Å². The lowest BCUT2D eigenvalue weighted by Crippen LogP contribution is -2.41. The fourth-order valence-electron chi connectivity index (χ4n) is 4.54. The SMILES string of the molecule is O=C(Cn1cc(C(F)(F)F)ccc1=O)N1CCC(c2nc(C3CC(c4c(F)cccc4F)=NO3)cs2)CC1. The van der Waals surface area contributed by atoms with Crippen molar-refractivity contribution in [1.82, 2.24) is 14.5 Å². The average molecular weight is 553 g/mol. The number of amides is 1. The van der Waals surface area contributed by atoms with Crippen LogP contribution in [0.1, 0.15) is 53.1 Å². The van der Waals surface area contributed by atoms with E-state index in [4.69, 9.17) is 4.84 Å². The molecular weight excluding hydrogens is 531 g/mol. The molecule has 1 fully saturated rings. The quantitative estimate of drug-likeness (QED) is 0.423. The molecule has 0 saturated carbocycles. The molecule has 0 radical (unpaired) electrons. The first-order valence-electron chi connectivity index (χ1n) is 11.8. The van der Waals surface area contributed by atoms with Crippen LogP contribution in [-0.4, -0.2) is 39.2 Å². The van der Waals surface area contributed by atoms with Crippen molar-refractivity contribution in [3.05, 3.63) is 85.7 Å². The number of halogens is 5. The van der Waals surface area contributed by atoms with Gasteiger partial charge < -0.3 is 14.3 Å². The van der Waals surface area contributed by atoms with Crippen molar-refractivity contribution in [3.8, 4) is 0 Å². The number of thiazole rings is 1. The summed E-state index contributed by atoms with van der Waals surface area (Å²) in [5.41, 5.74) is -1.12. The van der Waals surface area contributed by atoms with Gasteiger partial charge in [-0.3, -0.25) is 9.59 Å². The Labute approximate surface area is 217 Å². The summed E-state index contributed by atoms with van der Waals surface area (Å²) >= 11 is 1.42. The molecule has 38 heavy (non-hydrogen) atoms. The fraction of sp³-hybridized carbons (Fsp3) is 0.360. The number of alkyl halides is 3. The second kappa shape index (κ2) is 10.3. The summed E-state index contributed by atoms with van der Waals surface area (Å²) in [6, 6.07) is 5.09. The predicted molar refractivity (Wildman–Crippen MR) is 128 cm³/mol. The molecule has 2 aliphatic heterocycles. The van der Waals surface area contributed by atoms with Crippen molar-refractivity contribution in [3.63, 3.8) is 0 Å². The van der Waals surface area contributed by atoms with Crippen LogP contribution < -0.4 is 5.56 Å². The van der Waals surface area contributed by atoms with Crippen LogP contribution in [0.15, 0.2) is 51.9 Å². The van der Waals surface area contributed by atoms with Crippen molar-refractivity contribution >= 4 is 23.0 Å². The molecule has 0 aliphatic carbocycles. The van der Waals surface area contributed by atoms with Gasteiger partial charge in [0, 0.05) is 43.1 Å². The lowest BCUT2D eigenvalue weighted by atomic mass is 9.97. The number of aromatic nitrogens is 2. The molecule has 1 aromatic carbocycles. The number of rotatable bonds is 5. The number of carbonyl (C=O) groups is 1. The van der Waals surface area contributed by atoms with Crippen molar-refractivity contribution in [1.29, 1.82) is 0 Å². The normalized spacial score (nSPS) is 18.4. The van der Waals surface area contributed by atoms with E-state index in [1.54, 1.807) is 0 Å². The lowest BCUT2D eigenvalue weighted by molar-refractivity contribution is -0.139. The number of benzene rings is 1. The first-order valence-corrected chi connectivity index (χ1v) is 12.7. The van der Waals surface area contributed by atoms with E-state index in [-0.39, 0.29) is 23.6 Å². The molecule has 200 valence electrons. The Balaban J connectivity index is 1.17. The van der Waals surface area contributed by atoms with E-state index < -0.39 is 47.5 Å². The Bertz CT molecular complexity index is 1420. The second-order valence-electron chi connectivity index (χ2n) is 9.08. The van der Waals surface area contributed by atoms with Crippen molar-refractivity contribution in [2.45, 2.75) is 44.0 Å². The molecule has 0 N–H and O–H groups in total. The van der Waals surface area contributed by atoms with Crippen LogP contribution in [0.5, 0.6) is 0 Å². The van der Waals surface area contributed by atoms with Gasteiger partial charge in [-0.15, -0.1) is 11.3 Å². The van der Waals surface area contributed by atoms with Gasteiger partial charge in [-0.25, -0.2) is 13.8 Å². The smallest absolute Gasteiger partial charge is 0.385 e. The molecule has 1 atom stereocenters. The number of pyridine rings is 1. The Kier molecular flexibility index (Phi) is 7.03. The molecule has 13 heteroatoms. The number of piperidine rings is 1. The van der Waals surface area contributed by atoms with Gasteiger partial charge in [0.05, 0.1) is 27.5 Å². The van der Waals surface area contributed by atoms with Gasteiger partial charge in [0.1, 0.15) is 18.2 Å². The molecule has 1 amide bonds. The third-order valence-corrected chi connectivity index (χ3v) is 7.63. The van der Waals surface area contributed by atoms with Crippen LogP contribution in [0.25, 0.3) is 0 Å². The number of carbonyl (C=O) groups excluding carboxylic acids is 1. The number of oxime groups is 1. The third-order valence-electron chi connectivity index (χ3n) is 6.60. The molecule has 3 aromatic rings. The third kappa shape index (κ3) is 5.33. The minimum atomic E-state index is -4.62. The van der Waals surface area contributed by atoms with Crippen LogP contribution in [-0.2, 0) is 22.4 Å². The molecule has 2 aromatic heterocycles. The maximum absolute atomic E-state index is 14.1. The highest BCUT2D eigenvalue weighted by atomic mass is 32.1. The van der Waals surface area contributed by atoms with Gasteiger partial charge in [-0.1, -0.05) is 11.2 Å². The van der Waals surface area contributed by atoms with Crippen LogP contribution >= 0.6 is 11.3 Å². The minimum absolute atomic E-state index is 0.0554. The molecule has 0 bridgehead atoms. The lowest BCUT2D eigenvalue weighted by Gasteiger charge is -2.31. The molecule has 0 spiro atoms. The minimum Gasteiger partial charge on any atom is -0.385 e. The largest absolute Gasteiger partial charge is 0.417 e. The summed E-state index contributed by atoms with van der Waals surface area (Å²) in [7, 11) is 0. The summed E-state index contributed by atoms with van der Waals surface area (Å²) in [6.45, 7) is 0.260. The predicted octanol–water partition coefficient (Wildman–Crippen LogP) is 4.87. The number of hydrogen-bond acceptors (Lipinski definition) is 6. The van der Waals surface area contributed by atoms with Gasteiger partial charge in [0.2, 0.25) is 5.91 Å². The first-order chi connectivity index (χ1) is 18.1. The Morgan fingerprint density at radius 2 is 1.82 bits per heavy atom. The van der Waals surface area contributed by atoms with Crippen LogP contribution in [0, 0.1) is 11.6 Å². The summed E-state index contributed by atoms with van der Waals surface area (Å²) in [5, 5.41) is 6.51. The summed E-state index contributed by atoms with van der Waals surface area (Å²) in [4.78, 5) is 36.2. The van der Waals surface area contributed by atoms with Gasteiger partial charge in [-0.2, -0.15) is 13.2 Å². The van der Waals surface area contributed by atoms with Gasteiger partial charge in [-0.05, 0) is 31.0 Å². The number of likely N-dealkylation sites (tertiary alicyclic amines) is 1. The van der Waals surface area contributed by atoms with Gasteiger partial charge in [0.25, 0.3) is 5.56 Å². The average Bonchev–Trinajstić information content (AvgIpc) is 3.55. The molecule has 5 rings (SSSR count). The maximum Gasteiger partial charge on any atom is 0.417 e. The summed E-state index contributed by atoms with van der Waals surface area (Å²) in [5.74, 6) is -1.81. The summed E-state index contributed by atoms with van der Waals surface area (Å²) in [6.07, 6.45) is -3.18. The zero-order chi connectivity index (χ0) is 27.0. The van der Waals surface area contributed by atoms with E-state index in [0.717, 1.165) is 27.8 Å². The highest BCUT2D eigenvalue weighted by molar-refractivity contribution is 7.09. The maximum atomic E-state index is 14.1. The molecule has 1 saturated heterocycles. The zero-order valence-electron chi connectivity index (χ0n) is 19.8. The fourth-order valence-corrected chi connectivity index (χ4v) is 5.57.